The number of hydrogen-bond donors (Lipinski definition) is 2. The quantitative estimate of drug-likeness (QED) is 0.659. The molecule has 1 saturated heterocycles. The largest absolute Gasteiger partial charge is 0.467 e. The Morgan fingerprint density at radius 3 is 3.08 bits per heavy atom. The average molecular weight is 180 g/mol. The van der Waals surface area contributed by atoms with E-state index >= 15 is 0 Å². The molecule has 4 nitrogen and oxygen atoms in total. The predicted molar refractivity (Wildman–Crippen MR) is 47.1 cm³/mol. The monoisotopic (exact) mass is 180 g/mol. The number of nitrogens with one attached hydrogen (secondary N) is 2. The van der Waals surface area contributed by atoms with E-state index in [-0.39, 0.29) is 18.0 Å². The second-order valence-electron chi connectivity index (χ2n) is 3.27. The summed E-state index contributed by atoms with van der Waals surface area (Å²) >= 11 is 0. The minimum absolute atomic E-state index is 0.0197. The zero-order chi connectivity index (χ0) is 9.26. The first-order valence-corrected chi connectivity index (χ1v) is 4.34. The average Bonchev–Trinajstić information content (AvgIpc) is 2.56. The third-order valence-electron chi connectivity index (χ3n) is 2.11. The first kappa shape index (κ1) is 8.31. The molecule has 0 aromatic carbocycles. The van der Waals surface area contributed by atoms with Crippen LogP contribution in [0.3, 0.4) is 0 Å². The van der Waals surface area contributed by atoms with Gasteiger partial charge in [0.1, 0.15) is 11.8 Å². The molecule has 1 amide bonds. The van der Waals surface area contributed by atoms with Gasteiger partial charge in [-0.2, -0.15) is 0 Å². The van der Waals surface area contributed by atoms with E-state index in [9.17, 15) is 4.79 Å². The summed E-state index contributed by atoms with van der Waals surface area (Å²) < 4.78 is 5.16. The molecule has 70 valence electrons. The predicted octanol–water partition coefficient (Wildman–Crippen LogP) is 0.429. The van der Waals surface area contributed by atoms with Crippen LogP contribution in [0, 0.1) is 0 Å². The SMILES string of the molecule is C[C@H]1CN[C@@H](c2ccco2)C(=O)N1. The lowest BCUT2D eigenvalue weighted by atomic mass is 10.1. The minimum Gasteiger partial charge on any atom is -0.467 e. The maximum atomic E-state index is 11.5. The molecular formula is C9H12N2O2. The molecule has 2 atom stereocenters. The van der Waals surface area contributed by atoms with Gasteiger partial charge in [-0.25, -0.2) is 0 Å². The third kappa shape index (κ3) is 1.58. The molecule has 2 N–H and O–H groups in total. The summed E-state index contributed by atoms with van der Waals surface area (Å²) in [6.07, 6.45) is 1.57. The lowest BCUT2D eigenvalue weighted by Crippen LogP contribution is -2.52. The fraction of sp³-hybridized carbons (Fsp3) is 0.444. The number of carbonyl (C=O) groups is 1. The van der Waals surface area contributed by atoms with E-state index in [1.165, 1.54) is 0 Å². The van der Waals surface area contributed by atoms with E-state index in [2.05, 4.69) is 10.6 Å². The number of piperazine rings is 1. The standard InChI is InChI=1S/C9H12N2O2/c1-6-5-10-8(9(12)11-6)7-3-2-4-13-7/h2-4,6,8,10H,5H2,1H3,(H,11,12)/t6-,8-/m0/s1. The van der Waals surface area contributed by atoms with Crippen LogP contribution < -0.4 is 10.6 Å². The Kier molecular flexibility index (Phi) is 2.06. The Morgan fingerprint density at radius 2 is 2.46 bits per heavy atom. The van der Waals surface area contributed by atoms with Crippen LogP contribution in [0.15, 0.2) is 22.8 Å². The number of hydrogen-bond acceptors (Lipinski definition) is 3. The number of carbonyl (C=O) groups excluding carboxylic acids is 1. The van der Waals surface area contributed by atoms with Crippen LogP contribution in [0.25, 0.3) is 0 Å². The van der Waals surface area contributed by atoms with Crippen molar-refractivity contribution in [3.05, 3.63) is 24.2 Å². The van der Waals surface area contributed by atoms with Gasteiger partial charge in [-0.15, -0.1) is 0 Å². The van der Waals surface area contributed by atoms with Crippen LogP contribution in [0.2, 0.25) is 0 Å². The van der Waals surface area contributed by atoms with Gasteiger partial charge >= 0.3 is 0 Å². The summed E-state index contributed by atoms with van der Waals surface area (Å²) in [6, 6.07) is 3.44. The van der Waals surface area contributed by atoms with Crippen LogP contribution >= 0.6 is 0 Å². The van der Waals surface area contributed by atoms with Crippen molar-refractivity contribution in [3.63, 3.8) is 0 Å². The smallest absolute Gasteiger partial charge is 0.245 e. The lowest BCUT2D eigenvalue weighted by molar-refractivity contribution is -0.125. The first-order chi connectivity index (χ1) is 6.27. The van der Waals surface area contributed by atoms with Crippen LogP contribution in [0.1, 0.15) is 18.7 Å². The molecule has 2 rings (SSSR count). The Bertz CT molecular complexity index is 295. The van der Waals surface area contributed by atoms with E-state index in [1.54, 1.807) is 18.4 Å². The molecule has 0 spiro atoms. The minimum atomic E-state index is -0.328. The summed E-state index contributed by atoms with van der Waals surface area (Å²) in [7, 11) is 0. The molecule has 13 heavy (non-hydrogen) atoms. The summed E-state index contributed by atoms with van der Waals surface area (Å²) in [5.41, 5.74) is 0. The molecular weight excluding hydrogens is 168 g/mol. The molecule has 1 aliphatic heterocycles. The van der Waals surface area contributed by atoms with E-state index in [1.807, 2.05) is 6.92 Å². The molecule has 1 fully saturated rings. The lowest BCUT2D eigenvalue weighted by Gasteiger charge is -2.26. The van der Waals surface area contributed by atoms with Crippen molar-refractivity contribution in [2.45, 2.75) is 19.0 Å². The second-order valence-corrected chi connectivity index (χ2v) is 3.27. The van der Waals surface area contributed by atoms with Gasteiger partial charge in [-0.3, -0.25) is 10.1 Å². The van der Waals surface area contributed by atoms with Gasteiger partial charge < -0.3 is 9.73 Å². The van der Waals surface area contributed by atoms with Crippen molar-refractivity contribution in [2.24, 2.45) is 0 Å². The molecule has 1 aliphatic rings. The zero-order valence-corrected chi connectivity index (χ0v) is 7.41. The maximum absolute atomic E-state index is 11.5. The molecule has 0 unspecified atom stereocenters. The van der Waals surface area contributed by atoms with Gasteiger partial charge in [0, 0.05) is 12.6 Å². The third-order valence-corrected chi connectivity index (χ3v) is 2.11. The van der Waals surface area contributed by atoms with E-state index in [4.69, 9.17) is 4.42 Å². The highest BCUT2D eigenvalue weighted by Crippen LogP contribution is 2.15. The van der Waals surface area contributed by atoms with E-state index < -0.39 is 0 Å². The molecule has 2 heterocycles. The van der Waals surface area contributed by atoms with Crippen molar-refractivity contribution >= 4 is 5.91 Å². The van der Waals surface area contributed by atoms with Crippen LogP contribution in [-0.4, -0.2) is 18.5 Å². The number of furan rings is 1. The molecule has 1 aromatic heterocycles. The molecule has 0 aliphatic carbocycles. The Morgan fingerprint density at radius 1 is 1.62 bits per heavy atom. The van der Waals surface area contributed by atoms with Crippen molar-refractivity contribution in [1.29, 1.82) is 0 Å². The Hall–Kier alpha value is -1.29. The molecule has 4 heteroatoms. The highest BCUT2D eigenvalue weighted by atomic mass is 16.3. The van der Waals surface area contributed by atoms with E-state index in [0.29, 0.717) is 5.76 Å². The number of rotatable bonds is 1. The van der Waals surface area contributed by atoms with Crippen molar-refractivity contribution < 1.29 is 9.21 Å². The normalized spacial score (nSPS) is 28.5. The summed E-state index contributed by atoms with van der Waals surface area (Å²) in [4.78, 5) is 11.5. The van der Waals surface area contributed by atoms with Crippen LogP contribution in [0.5, 0.6) is 0 Å². The number of amides is 1. The second kappa shape index (κ2) is 3.22. The van der Waals surface area contributed by atoms with Crippen molar-refractivity contribution in [1.82, 2.24) is 10.6 Å². The zero-order valence-electron chi connectivity index (χ0n) is 7.41. The molecule has 0 saturated carbocycles. The summed E-state index contributed by atoms with van der Waals surface area (Å²) in [5.74, 6) is 0.651. The Labute approximate surface area is 76.3 Å². The van der Waals surface area contributed by atoms with Crippen molar-refractivity contribution in [2.75, 3.05) is 6.54 Å². The molecule has 1 aromatic rings. The van der Waals surface area contributed by atoms with E-state index in [0.717, 1.165) is 6.54 Å². The van der Waals surface area contributed by atoms with Gasteiger partial charge in [-0.05, 0) is 19.1 Å². The topological polar surface area (TPSA) is 54.3 Å². The highest BCUT2D eigenvalue weighted by Gasteiger charge is 2.28. The highest BCUT2D eigenvalue weighted by molar-refractivity contribution is 5.83. The van der Waals surface area contributed by atoms with Gasteiger partial charge in [-0.1, -0.05) is 0 Å². The van der Waals surface area contributed by atoms with Gasteiger partial charge in [0.2, 0.25) is 5.91 Å². The van der Waals surface area contributed by atoms with Crippen molar-refractivity contribution in [3.8, 4) is 0 Å². The fourth-order valence-electron chi connectivity index (χ4n) is 1.45. The van der Waals surface area contributed by atoms with Gasteiger partial charge in [0.25, 0.3) is 0 Å². The van der Waals surface area contributed by atoms with Crippen LogP contribution in [-0.2, 0) is 4.79 Å². The maximum Gasteiger partial charge on any atom is 0.245 e. The first-order valence-electron chi connectivity index (χ1n) is 4.34. The summed E-state index contributed by atoms with van der Waals surface area (Å²) in [5, 5.41) is 5.97. The molecule has 0 bridgehead atoms. The molecule has 0 radical (unpaired) electrons. The fourth-order valence-corrected chi connectivity index (χ4v) is 1.45. The Balaban J connectivity index is 2.13. The van der Waals surface area contributed by atoms with Gasteiger partial charge in [0.15, 0.2) is 0 Å². The van der Waals surface area contributed by atoms with Crippen LogP contribution in [0.4, 0.5) is 0 Å². The van der Waals surface area contributed by atoms with Gasteiger partial charge in [0.05, 0.1) is 6.26 Å². The summed E-state index contributed by atoms with van der Waals surface area (Å²) in [6.45, 7) is 2.74.